The van der Waals surface area contributed by atoms with Gasteiger partial charge in [-0.05, 0) is 0 Å². The number of aliphatic hydroxyl groups excluding tert-OH is 4. The van der Waals surface area contributed by atoms with E-state index in [0.29, 0.717) is 0 Å². The maximum Gasteiger partial charge on any atom is 0.335 e. The lowest BCUT2D eigenvalue weighted by Crippen LogP contribution is -2.39. The Morgan fingerprint density at radius 3 is 0.731 bits per heavy atom. The first-order valence-corrected chi connectivity index (χ1v) is 6.26. The number of nitrogens with zero attached hydrogens (tertiary/aromatic N) is 2. The molecule has 26 heavy (non-hydrogen) atoms. The molecule has 146 valence electrons. The van der Waals surface area contributed by atoms with Gasteiger partial charge in [-0.3, -0.25) is 9.97 Å². The molecule has 0 bridgehead atoms. The van der Waals surface area contributed by atoms with Crippen LogP contribution in [0.25, 0.3) is 0 Å². The van der Waals surface area contributed by atoms with Crippen LogP contribution in [-0.4, -0.2) is 99.1 Å². The van der Waals surface area contributed by atoms with Crippen LogP contribution in [0.1, 0.15) is 0 Å². The molecule has 1 aromatic heterocycles. The molecule has 0 saturated carbocycles. The maximum absolute atomic E-state index is 9.77. The van der Waals surface area contributed by atoms with E-state index in [0.717, 1.165) is 0 Å². The minimum atomic E-state index is -2.27. The van der Waals surface area contributed by atoms with E-state index in [2.05, 4.69) is 9.97 Å². The van der Waals surface area contributed by atoms with E-state index in [9.17, 15) is 19.2 Å². The van der Waals surface area contributed by atoms with E-state index in [1.807, 2.05) is 0 Å². The minimum Gasteiger partial charge on any atom is -0.479 e. The fourth-order valence-corrected chi connectivity index (χ4v) is 0.794. The smallest absolute Gasteiger partial charge is 0.335 e. The normalized spacial score (nSPS) is 14.0. The van der Waals surface area contributed by atoms with Gasteiger partial charge in [0.2, 0.25) is 0 Å². The third kappa shape index (κ3) is 11.4. The summed E-state index contributed by atoms with van der Waals surface area (Å²) in [7, 11) is 0. The summed E-state index contributed by atoms with van der Waals surface area (Å²) in [5, 5.41) is 65.1. The fourth-order valence-electron chi connectivity index (χ4n) is 0.794. The molecule has 0 aliphatic heterocycles. The summed E-state index contributed by atoms with van der Waals surface area (Å²) in [6.07, 6.45) is -2.51. The first-order chi connectivity index (χ1) is 11.9. The zero-order valence-electron chi connectivity index (χ0n) is 12.7. The molecule has 0 fully saturated rings. The Kier molecular flexibility index (Phi) is 12.6. The SMILES string of the molecule is O=C(O)[C@@H](O)[C@@H](O)C(=O)O.O=C(O)[C@@H](O)[C@@H](O)C(=O)O.c1cnccn1. The van der Waals surface area contributed by atoms with E-state index in [4.69, 9.17) is 40.9 Å². The number of aliphatic carboxylic acids is 4. The van der Waals surface area contributed by atoms with E-state index < -0.39 is 48.3 Å². The van der Waals surface area contributed by atoms with E-state index in [1.165, 1.54) is 0 Å². The van der Waals surface area contributed by atoms with E-state index in [-0.39, 0.29) is 0 Å². The van der Waals surface area contributed by atoms with Crippen LogP contribution in [0.4, 0.5) is 0 Å². The highest BCUT2D eigenvalue weighted by atomic mass is 16.4. The third-order valence-electron chi connectivity index (χ3n) is 2.09. The second-order valence-corrected chi connectivity index (χ2v) is 4.03. The van der Waals surface area contributed by atoms with Crippen molar-refractivity contribution in [2.45, 2.75) is 24.4 Å². The molecule has 8 N–H and O–H groups in total. The number of carboxylic acids is 4. The molecule has 0 aliphatic rings. The Balaban J connectivity index is 0. The molecular formula is C12H16N2O12. The van der Waals surface area contributed by atoms with Crippen LogP contribution < -0.4 is 0 Å². The van der Waals surface area contributed by atoms with Crippen molar-refractivity contribution < 1.29 is 60.0 Å². The highest BCUT2D eigenvalue weighted by molar-refractivity contribution is 5.83. The zero-order chi connectivity index (χ0) is 20.9. The number of hydrogen-bond donors (Lipinski definition) is 8. The third-order valence-corrected chi connectivity index (χ3v) is 2.09. The molecule has 0 saturated heterocycles. The van der Waals surface area contributed by atoms with Gasteiger partial charge in [0.05, 0.1) is 0 Å². The summed E-state index contributed by atoms with van der Waals surface area (Å²) < 4.78 is 0. The summed E-state index contributed by atoms with van der Waals surface area (Å²) in [4.78, 5) is 46.5. The number of rotatable bonds is 6. The zero-order valence-corrected chi connectivity index (χ0v) is 12.7. The standard InChI is InChI=1S/C4H4N2.2C4H6O6/c1-2-6-4-3-5-1;2*5-1(3(7)8)2(6)4(9)10/h1-4H;2*1-2,5-6H,(H,7,8)(H,9,10)/t;2*1-,2+. The van der Waals surface area contributed by atoms with Gasteiger partial charge >= 0.3 is 23.9 Å². The fraction of sp³-hybridized carbons (Fsp3) is 0.333. The Bertz CT molecular complexity index is 482. The lowest BCUT2D eigenvalue weighted by Gasteiger charge is -2.07. The van der Waals surface area contributed by atoms with E-state index >= 15 is 0 Å². The lowest BCUT2D eigenvalue weighted by atomic mass is 10.2. The van der Waals surface area contributed by atoms with Crippen molar-refractivity contribution in [3.8, 4) is 0 Å². The van der Waals surface area contributed by atoms with Gasteiger partial charge in [-0.2, -0.15) is 0 Å². The first kappa shape index (κ1) is 25.0. The van der Waals surface area contributed by atoms with Crippen molar-refractivity contribution in [3.05, 3.63) is 24.8 Å². The second kappa shape index (κ2) is 13.1. The summed E-state index contributed by atoms with van der Waals surface area (Å²) in [6, 6.07) is 0. The molecule has 1 heterocycles. The molecular weight excluding hydrogens is 364 g/mol. The van der Waals surface area contributed by atoms with Crippen molar-refractivity contribution in [3.63, 3.8) is 0 Å². The summed E-state index contributed by atoms with van der Waals surface area (Å²) in [6.45, 7) is 0. The van der Waals surface area contributed by atoms with Crippen LogP contribution in [0.2, 0.25) is 0 Å². The van der Waals surface area contributed by atoms with Gasteiger partial charge in [0, 0.05) is 24.8 Å². The van der Waals surface area contributed by atoms with Gasteiger partial charge in [-0.1, -0.05) is 0 Å². The average Bonchev–Trinajstić information content (AvgIpc) is 2.61. The highest BCUT2D eigenvalue weighted by Crippen LogP contribution is 1.93. The summed E-state index contributed by atoms with van der Waals surface area (Å²) >= 11 is 0. The second-order valence-electron chi connectivity index (χ2n) is 4.03. The average molecular weight is 380 g/mol. The predicted molar refractivity (Wildman–Crippen MR) is 76.6 cm³/mol. The van der Waals surface area contributed by atoms with Crippen molar-refractivity contribution in [2.24, 2.45) is 0 Å². The molecule has 0 spiro atoms. The largest absolute Gasteiger partial charge is 0.479 e. The molecule has 14 nitrogen and oxygen atoms in total. The van der Waals surface area contributed by atoms with Crippen LogP contribution in [-0.2, 0) is 19.2 Å². The van der Waals surface area contributed by atoms with Crippen molar-refractivity contribution >= 4 is 23.9 Å². The van der Waals surface area contributed by atoms with Gasteiger partial charge in [-0.25, -0.2) is 19.2 Å². The number of aromatic nitrogens is 2. The van der Waals surface area contributed by atoms with E-state index in [1.54, 1.807) is 24.8 Å². The van der Waals surface area contributed by atoms with Gasteiger partial charge in [-0.15, -0.1) is 0 Å². The number of aliphatic hydroxyl groups is 4. The summed E-state index contributed by atoms with van der Waals surface area (Å²) in [5.41, 5.74) is 0. The number of carbonyl (C=O) groups is 4. The molecule has 0 aromatic carbocycles. The topological polar surface area (TPSA) is 256 Å². The Labute approximate surface area is 144 Å². The molecule has 1 rings (SSSR count). The molecule has 4 atom stereocenters. The quantitative estimate of drug-likeness (QED) is 0.236. The van der Waals surface area contributed by atoms with Gasteiger partial charge in [0.25, 0.3) is 0 Å². The Hall–Kier alpha value is -3.20. The first-order valence-electron chi connectivity index (χ1n) is 6.26. The Morgan fingerprint density at radius 2 is 0.654 bits per heavy atom. The monoisotopic (exact) mass is 380 g/mol. The van der Waals surface area contributed by atoms with Crippen LogP contribution in [0.15, 0.2) is 24.8 Å². The molecule has 0 aliphatic carbocycles. The minimum absolute atomic E-state index is 1.64. The van der Waals surface area contributed by atoms with Gasteiger partial charge < -0.3 is 40.9 Å². The number of carboxylic acid groups (broad SMARTS) is 4. The lowest BCUT2D eigenvalue weighted by molar-refractivity contribution is -0.165. The highest BCUT2D eigenvalue weighted by Gasteiger charge is 2.30. The maximum atomic E-state index is 9.77. The van der Waals surface area contributed by atoms with Crippen molar-refractivity contribution in [1.29, 1.82) is 0 Å². The number of hydrogen-bond acceptors (Lipinski definition) is 10. The summed E-state index contributed by atoms with van der Waals surface area (Å²) in [5.74, 6) is -7.07. The van der Waals surface area contributed by atoms with Crippen LogP contribution in [0.5, 0.6) is 0 Å². The van der Waals surface area contributed by atoms with Crippen LogP contribution in [0.3, 0.4) is 0 Å². The van der Waals surface area contributed by atoms with Crippen molar-refractivity contribution in [1.82, 2.24) is 9.97 Å². The predicted octanol–water partition coefficient (Wildman–Crippen LogP) is -3.77. The van der Waals surface area contributed by atoms with Gasteiger partial charge in [0.15, 0.2) is 24.4 Å². The molecule has 1 aromatic rings. The van der Waals surface area contributed by atoms with Crippen LogP contribution in [0, 0.1) is 0 Å². The molecule has 0 amide bonds. The molecule has 0 unspecified atom stereocenters. The Morgan fingerprint density at radius 1 is 0.500 bits per heavy atom. The molecule has 0 radical (unpaired) electrons. The van der Waals surface area contributed by atoms with Gasteiger partial charge in [0.1, 0.15) is 0 Å². The molecule has 14 heteroatoms. The van der Waals surface area contributed by atoms with Crippen LogP contribution >= 0.6 is 0 Å². The van der Waals surface area contributed by atoms with Crippen molar-refractivity contribution in [2.75, 3.05) is 0 Å².